The van der Waals surface area contributed by atoms with Gasteiger partial charge in [0.25, 0.3) is 0 Å². The Morgan fingerprint density at radius 3 is 2.83 bits per heavy atom. The summed E-state index contributed by atoms with van der Waals surface area (Å²) < 4.78 is 11.6. The number of rotatable bonds is 3. The van der Waals surface area contributed by atoms with Crippen LogP contribution in [-0.4, -0.2) is 39.5 Å². The number of benzene rings is 1. The van der Waals surface area contributed by atoms with Crippen LogP contribution in [0.1, 0.15) is 11.3 Å². The van der Waals surface area contributed by atoms with E-state index < -0.39 is 10.8 Å². The zero-order valence-electron chi connectivity index (χ0n) is 12.4. The zero-order chi connectivity index (χ0) is 16.4. The van der Waals surface area contributed by atoms with Gasteiger partial charge >= 0.3 is 0 Å². The minimum Gasteiger partial charge on any atom is -0.298 e. The van der Waals surface area contributed by atoms with Crippen molar-refractivity contribution in [3.05, 3.63) is 58.9 Å². The lowest BCUT2D eigenvalue weighted by Gasteiger charge is -2.22. The number of carbonyl (C=O) groups excluding carboxylic acids is 1. The molecule has 0 saturated carbocycles. The number of amides is 1. The summed E-state index contributed by atoms with van der Waals surface area (Å²) in [5, 5.41) is 0.541. The van der Waals surface area contributed by atoms with Gasteiger partial charge in [-0.25, -0.2) is 0 Å². The number of hydrogen-bond acceptors (Lipinski definition) is 4. The zero-order valence-corrected chi connectivity index (χ0v) is 14.0. The van der Waals surface area contributed by atoms with E-state index in [1.54, 1.807) is 30.7 Å². The van der Waals surface area contributed by atoms with E-state index in [0.29, 0.717) is 27.7 Å². The standard InChI is InChI=1S/C16H14ClN3O2S/c1-23(22)10-20-14-6-5-11(17)8-12(14)16(19-9-15(20)21)13-4-2-3-7-18-13/h2-8H,9-10H2,1H3. The Hall–Kier alpha value is -2.05. The van der Waals surface area contributed by atoms with Crippen molar-refractivity contribution in [2.24, 2.45) is 4.99 Å². The summed E-state index contributed by atoms with van der Waals surface area (Å²) in [5.41, 5.74) is 2.65. The van der Waals surface area contributed by atoms with Crippen molar-refractivity contribution in [3.8, 4) is 0 Å². The Kier molecular flexibility index (Phi) is 4.54. The highest BCUT2D eigenvalue weighted by molar-refractivity contribution is 7.84. The molecule has 5 nitrogen and oxygen atoms in total. The Morgan fingerprint density at radius 1 is 1.30 bits per heavy atom. The fraction of sp³-hybridized carbons (Fsp3) is 0.188. The maximum Gasteiger partial charge on any atom is 0.249 e. The minimum atomic E-state index is -1.15. The molecule has 0 N–H and O–H groups in total. The number of anilines is 1. The van der Waals surface area contributed by atoms with Crippen molar-refractivity contribution in [2.75, 3.05) is 23.6 Å². The van der Waals surface area contributed by atoms with Crippen molar-refractivity contribution < 1.29 is 9.00 Å². The predicted octanol–water partition coefficient (Wildman–Crippen LogP) is 2.25. The number of aromatic nitrogens is 1. The van der Waals surface area contributed by atoms with Crippen LogP contribution in [0.5, 0.6) is 0 Å². The normalized spacial score (nSPS) is 15.7. The molecule has 1 aromatic carbocycles. The Bertz CT molecular complexity index is 808. The van der Waals surface area contributed by atoms with Gasteiger partial charge in [0.1, 0.15) is 12.4 Å². The molecule has 0 fully saturated rings. The van der Waals surface area contributed by atoms with E-state index in [-0.39, 0.29) is 18.3 Å². The first-order valence-electron chi connectivity index (χ1n) is 6.92. The lowest BCUT2D eigenvalue weighted by Crippen LogP contribution is -2.35. The summed E-state index contributed by atoms with van der Waals surface area (Å²) in [7, 11) is -1.15. The third-order valence-electron chi connectivity index (χ3n) is 3.40. The first kappa shape index (κ1) is 15.8. The molecule has 2 aromatic rings. The molecule has 3 rings (SSSR count). The smallest absolute Gasteiger partial charge is 0.249 e. The van der Waals surface area contributed by atoms with Gasteiger partial charge in [0.05, 0.1) is 17.1 Å². The highest BCUT2D eigenvalue weighted by atomic mass is 35.5. The molecule has 0 bridgehead atoms. The Morgan fingerprint density at radius 2 is 2.13 bits per heavy atom. The number of aliphatic imine (C=N–C) groups is 1. The van der Waals surface area contributed by atoms with Crippen LogP contribution >= 0.6 is 11.6 Å². The molecule has 0 aliphatic carbocycles. The minimum absolute atomic E-state index is 0.0184. The van der Waals surface area contributed by atoms with Crippen molar-refractivity contribution in [1.29, 1.82) is 0 Å². The number of nitrogens with zero attached hydrogens (tertiary/aromatic N) is 3. The van der Waals surface area contributed by atoms with Crippen molar-refractivity contribution in [3.63, 3.8) is 0 Å². The second-order valence-corrected chi connectivity index (χ2v) is 6.91. The second-order valence-electron chi connectivity index (χ2n) is 5.07. The van der Waals surface area contributed by atoms with Crippen LogP contribution in [0, 0.1) is 0 Å². The summed E-state index contributed by atoms with van der Waals surface area (Å²) in [5.74, 6) is -0.0759. The van der Waals surface area contributed by atoms with E-state index in [4.69, 9.17) is 11.6 Å². The molecule has 0 spiro atoms. The summed E-state index contributed by atoms with van der Waals surface area (Å²) in [6.45, 7) is -0.0184. The van der Waals surface area contributed by atoms with Crippen LogP contribution in [0.25, 0.3) is 0 Å². The number of pyridine rings is 1. The van der Waals surface area contributed by atoms with Gasteiger partial charge in [0, 0.05) is 33.8 Å². The lowest BCUT2D eigenvalue weighted by molar-refractivity contribution is -0.117. The molecule has 1 unspecified atom stereocenters. The quantitative estimate of drug-likeness (QED) is 0.855. The molecular weight excluding hydrogens is 334 g/mol. The predicted molar refractivity (Wildman–Crippen MR) is 92.6 cm³/mol. The van der Waals surface area contributed by atoms with Gasteiger partial charge in [-0.15, -0.1) is 0 Å². The van der Waals surface area contributed by atoms with Crippen molar-refractivity contribution in [2.45, 2.75) is 0 Å². The van der Waals surface area contributed by atoms with Crippen LogP contribution in [-0.2, 0) is 15.6 Å². The molecule has 7 heteroatoms. The molecule has 118 valence electrons. The topological polar surface area (TPSA) is 62.6 Å². The summed E-state index contributed by atoms with van der Waals surface area (Å²) in [4.78, 5) is 22.6. The average Bonchev–Trinajstić information content (AvgIpc) is 2.66. The molecule has 1 aromatic heterocycles. The lowest BCUT2D eigenvalue weighted by atomic mass is 10.0. The third-order valence-corrected chi connectivity index (χ3v) is 4.25. The number of halogens is 1. The molecular formula is C16H14ClN3O2S. The van der Waals surface area contributed by atoms with Crippen LogP contribution in [0.2, 0.25) is 5.02 Å². The highest BCUT2D eigenvalue weighted by Gasteiger charge is 2.26. The monoisotopic (exact) mass is 347 g/mol. The number of hydrogen-bond donors (Lipinski definition) is 0. The number of fused-ring (bicyclic) bond motifs is 1. The molecule has 1 aliphatic rings. The van der Waals surface area contributed by atoms with E-state index in [0.717, 1.165) is 0 Å². The Balaban J connectivity index is 2.18. The van der Waals surface area contributed by atoms with Gasteiger partial charge < -0.3 is 0 Å². The molecule has 1 aliphatic heterocycles. The molecule has 23 heavy (non-hydrogen) atoms. The third kappa shape index (κ3) is 3.33. The van der Waals surface area contributed by atoms with Gasteiger partial charge in [0.15, 0.2) is 0 Å². The molecule has 1 amide bonds. The van der Waals surface area contributed by atoms with Crippen molar-refractivity contribution in [1.82, 2.24) is 4.98 Å². The summed E-state index contributed by atoms with van der Waals surface area (Å²) in [6, 6.07) is 10.7. The molecule has 0 radical (unpaired) electrons. The maximum atomic E-state index is 12.4. The fourth-order valence-electron chi connectivity index (χ4n) is 2.43. The van der Waals surface area contributed by atoms with Crippen LogP contribution in [0.4, 0.5) is 5.69 Å². The summed E-state index contributed by atoms with van der Waals surface area (Å²) in [6.07, 6.45) is 3.24. The van der Waals surface area contributed by atoms with Crippen LogP contribution in [0.15, 0.2) is 47.6 Å². The van der Waals surface area contributed by atoms with Crippen LogP contribution in [0.3, 0.4) is 0 Å². The van der Waals surface area contributed by atoms with Crippen molar-refractivity contribution >= 4 is 39.7 Å². The Labute approximate surface area is 141 Å². The molecule has 1 atom stereocenters. The van der Waals surface area contributed by atoms with E-state index in [9.17, 15) is 9.00 Å². The fourth-order valence-corrected chi connectivity index (χ4v) is 3.25. The van der Waals surface area contributed by atoms with Gasteiger partial charge in [-0.05, 0) is 30.3 Å². The average molecular weight is 348 g/mol. The highest BCUT2D eigenvalue weighted by Crippen LogP contribution is 2.29. The van der Waals surface area contributed by atoms with Gasteiger partial charge in [-0.1, -0.05) is 17.7 Å². The maximum absolute atomic E-state index is 12.4. The molecule has 0 saturated heterocycles. The second kappa shape index (κ2) is 6.60. The van der Waals surface area contributed by atoms with E-state index >= 15 is 0 Å². The van der Waals surface area contributed by atoms with Gasteiger partial charge in [-0.3, -0.25) is 23.9 Å². The van der Waals surface area contributed by atoms with E-state index in [1.807, 2.05) is 18.2 Å². The van der Waals surface area contributed by atoms with E-state index in [1.165, 1.54) is 4.90 Å². The SMILES string of the molecule is CS(=O)CN1C(=O)CN=C(c2ccccn2)c2cc(Cl)ccc21. The molecule has 2 heterocycles. The number of carbonyl (C=O) groups is 1. The largest absolute Gasteiger partial charge is 0.298 e. The summed E-state index contributed by atoms with van der Waals surface area (Å²) >= 11 is 6.13. The first-order chi connectivity index (χ1) is 11.1. The first-order valence-corrected chi connectivity index (χ1v) is 9.03. The van der Waals surface area contributed by atoms with Gasteiger partial charge in [0.2, 0.25) is 5.91 Å². The van der Waals surface area contributed by atoms with Gasteiger partial charge in [-0.2, -0.15) is 0 Å². The van der Waals surface area contributed by atoms with E-state index in [2.05, 4.69) is 9.98 Å². The van der Waals surface area contributed by atoms with Crippen LogP contribution < -0.4 is 4.90 Å². The number of benzodiazepines with no additional fused rings is 1.